The number of hydrogen-bond donors (Lipinski definition) is 2. The molecule has 0 unspecified atom stereocenters. The van der Waals surface area contributed by atoms with E-state index in [1.54, 1.807) is 0 Å². The molecule has 148 valence electrons. The van der Waals surface area contributed by atoms with Crippen LogP contribution in [-0.2, 0) is 4.79 Å². The Labute approximate surface area is 165 Å². The number of carbonyl (C=O) groups is 1. The van der Waals surface area contributed by atoms with Gasteiger partial charge in [-0.2, -0.15) is 0 Å². The summed E-state index contributed by atoms with van der Waals surface area (Å²) in [6.45, 7) is 8.95. The van der Waals surface area contributed by atoms with E-state index in [1.807, 2.05) is 38.1 Å². The maximum Gasteiger partial charge on any atom is 0.230 e. The van der Waals surface area contributed by atoms with Gasteiger partial charge in [0.1, 0.15) is 5.75 Å². The quantitative estimate of drug-likeness (QED) is 0.477. The van der Waals surface area contributed by atoms with Crippen LogP contribution in [0.2, 0.25) is 0 Å². The van der Waals surface area contributed by atoms with Gasteiger partial charge < -0.3 is 15.9 Å². The van der Waals surface area contributed by atoms with Gasteiger partial charge in [-0.3, -0.25) is 4.79 Å². The van der Waals surface area contributed by atoms with Crippen LogP contribution < -0.4 is 15.9 Å². The van der Waals surface area contributed by atoms with E-state index in [0.29, 0.717) is 23.5 Å². The minimum Gasteiger partial charge on any atom is -0.494 e. The number of carbonyl (C=O) groups excluding carboxylic acids is 1. The number of nitrogens with zero attached hydrogens (tertiary/aromatic N) is 3. The van der Waals surface area contributed by atoms with Crippen molar-refractivity contribution in [3.05, 3.63) is 24.3 Å². The molecule has 1 aromatic heterocycles. The topological polar surface area (TPSA) is 95.1 Å². The Morgan fingerprint density at radius 1 is 1.22 bits per heavy atom. The summed E-state index contributed by atoms with van der Waals surface area (Å²) < 4.78 is 6.85. The van der Waals surface area contributed by atoms with Gasteiger partial charge in [-0.1, -0.05) is 25.6 Å². The van der Waals surface area contributed by atoms with Gasteiger partial charge in [0, 0.05) is 11.6 Å². The molecule has 0 aliphatic heterocycles. The lowest BCUT2D eigenvalue weighted by atomic mass is 10.0. The molecule has 1 amide bonds. The summed E-state index contributed by atoms with van der Waals surface area (Å²) in [5.74, 6) is 8.31. The molecule has 0 saturated heterocycles. The number of nitrogens with one attached hydrogen (secondary N) is 1. The third-order valence-corrected chi connectivity index (χ3v) is 4.95. The zero-order valence-corrected chi connectivity index (χ0v) is 17.3. The molecule has 1 atom stereocenters. The van der Waals surface area contributed by atoms with Gasteiger partial charge in [-0.15, -0.1) is 10.2 Å². The fourth-order valence-corrected chi connectivity index (χ4v) is 3.21. The third-order valence-electron chi connectivity index (χ3n) is 4.00. The van der Waals surface area contributed by atoms with Crippen LogP contribution in [0.4, 0.5) is 0 Å². The predicted molar refractivity (Wildman–Crippen MR) is 109 cm³/mol. The minimum absolute atomic E-state index is 0.0260. The SMILES string of the molecule is CCOc1ccc(-c2nnc(SCC(=O)N[C@H](C)CCC(C)C)n2N)cc1. The Hall–Kier alpha value is -2.22. The van der Waals surface area contributed by atoms with Gasteiger partial charge >= 0.3 is 0 Å². The maximum absolute atomic E-state index is 12.1. The van der Waals surface area contributed by atoms with Crippen LogP contribution in [0.3, 0.4) is 0 Å². The van der Waals surface area contributed by atoms with Crippen molar-refractivity contribution in [3.8, 4) is 17.1 Å². The molecule has 3 N–H and O–H groups in total. The van der Waals surface area contributed by atoms with Gasteiger partial charge in [-0.25, -0.2) is 4.68 Å². The van der Waals surface area contributed by atoms with Crippen molar-refractivity contribution in [3.63, 3.8) is 0 Å². The summed E-state index contributed by atoms with van der Waals surface area (Å²) in [7, 11) is 0. The molecule has 8 heteroatoms. The first-order valence-electron chi connectivity index (χ1n) is 9.26. The van der Waals surface area contributed by atoms with Crippen molar-refractivity contribution < 1.29 is 9.53 Å². The summed E-state index contributed by atoms with van der Waals surface area (Å²) in [6.07, 6.45) is 2.07. The fourth-order valence-electron chi connectivity index (χ4n) is 2.54. The van der Waals surface area contributed by atoms with Crippen molar-refractivity contribution in [1.29, 1.82) is 0 Å². The van der Waals surface area contributed by atoms with Crippen LogP contribution in [0.15, 0.2) is 29.4 Å². The molecule has 0 fully saturated rings. The first-order chi connectivity index (χ1) is 12.9. The molecule has 1 heterocycles. The normalized spacial score (nSPS) is 12.2. The van der Waals surface area contributed by atoms with Crippen LogP contribution in [0.5, 0.6) is 5.75 Å². The van der Waals surface area contributed by atoms with E-state index in [4.69, 9.17) is 10.6 Å². The van der Waals surface area contributed by atoms with E-state index in [-0.39, 0.29) is 17.7 Å². The summed E-state index contributed by atoms with van der Waals surface area (Å²) in [5, 5.41) is 11.8. The number of thioether (sulfide) groups is 1. The van der Waals surface area contributed by atoms with Crippen LogP contribution in [0.25, 0.3) is 11.4 Å². The van der Waals surface area contributed by atoms with E-state index < -0.39 is 0 Å². The van der Waals surface area contributed by atoms with Crippen molar-refractivity contribution in [1.82, 2.24) is 20.2 Å². The lowest BCUT2D eigenvalue weighted by molar-refractivity contribution is -0.119. The number of nitrogens with two attached hydrogens (primary N) is 1. The lowest BCUT2D eigenvalue weighted by Crippen LogP contribution is -2.34. The second-order valence-corrected chi connectivity index (χ2v) is 7.80. The van der Waals surface area contributed by atoms with Crippen LogP contribution in [0.1, 0.15) is 40.5 Å². The van der Waals surface area contributed by atoms with Crippen molar-refractivity contribution >= 4 is 17.7 Å². The highest BCUT2D eigenvalue weighted by Gasteiger charge is 2.15. The monoisotopic (exact) mass is 391 g/mol. The Balaban J connectivity index is 1.90. The molecule has 0 spiro atoms. The Bertz CT molecular complexity index is 730. The number of ether oxygens (including phenoxy) is 1. The Morgan fingerprint density at radius 2 is 1.93 bits per heavy atom. The van der Waals surface area contributed by atoms with Crippen LogP contribution in [-0.4, -0.2) is 39.2 Å². The van der Waals surface area contributed by atoms with Crippen LogP contribution in [0, 0.1) is 5.92 Å². The Kier molecular flexibility index (Phi) is 7.97. The minimum atomic E-state index is -0.0260. The largest absolute Gasteiger partial charge is 0.494 e. The fraction of sp³-hybridized carbons (Fsp3) is 0.526. The van der Waals surface area contributed by atoms with E-state index >= 15 is 0 Å². The summed E-state index contributed by atoms with van der Waals surface area (Å²) >= 11 is 1.28. The predicted octanol–water partition coefficient (Wildman–Crippen LogP) is 3.09. The number of aromatic nitrogens is 3. The highest BCUT2D eigenvalue weighted by atomic mass is 32.2. The van der Waals surface area contributed by atoms with Gasteiger partial charge in [0.15, 0.2) is 5.82 Å². The maximum atomic E-state index is 12.1. The van der Waals surface area contributed by atoms with E-state index in [9.17, 15) is 4.79 Å². The van der Waals surface area contributed by atoms with Crippen molar-refractivity contribution in [2.45, 2.75) is 51.7 Å². The average Bonchev–Trinajstić information content (AvgIpc) is 3.00. The molecule has 27 heavy (non-hydrogen) atoms. The summed E-state index contributed by atoms with van der Waals surface area (Å²) in [6, 6.07) is 7.67. The zero-order chi connectivity index (χ0) is 19.8. The molecule has 0 bridgehead atoms. The standard InChI is InChI=1S/C19H29N5O2S/c1-5-26-16-10-8-15(9-11-16)18-22-23-19(24(18)20)27-12-17(25)21-14(4)7-6-13(2)3/h8-11,13-14H,5-7,12,20H2,1-4H3,(H,21,25)/t14-/m1/s1. The summed E-state index contributed by atoms with van der Waals surface area (Å²) in [4.78, 5) is 12.1. The van der Waals surface area contributed by atoms with E-state index in [2.05, 4.69) is 29.4 Å². The molecule has 0 radical (unpaired) electrons. The molecule has 2 rings (SSSR count). The number of amides is 1. The van der Waals surface area contributed by atoms with Gasteiger partial charge in [-0.05, 0) is 56.9 Å². The average molecular weight is 392 g/mol. The number of hydrogen-bond acceptors (Lipinski definition) is 6. The smallest absolute Gasteiger partial charge is 0.230 e. The molecular weight excluding hydrogens is 362 g/mol. The van der Waals surface area contributed by atoms with E-state index in [0.717, 1.165) is 24.2 Å². The third kappa shape index (κ3) is 6.46. The number of rotatable bonds is 10. The first-order valence-corrected chi connectivity index (χ1v) is 10.2. The van der Waals surface area contributed by atoms with Gasteiger partial charge in [0.25, 0.3) is 0 Å². The molecule has 2 aromatic rings. The highest BCUT2D eigenvalue weighted by molar-refractivity contribution is 7.99. The molecular formula is C19H29N5O2S. The summed E-state index contributed by atoms with van der Waals surface area (Å²) in [5.41, 5.74) is 0.840. The molecule has 1 aromatic carbocycles. The second kappa shape index (κ2) is 10.2. The van der Waals surface area contributed by atoms with Crippen LogP contribution >= 0.6 is 11.8 Å². The molecule has 0 saturated carbocycles. The number of benzene rings is 1. The first kappa shape index (κ1) is 21.1. The molecule has 7 nitrogen and oxygen atoms in total. The zero-order valence-electron chi connectivity index (χ0n) is 16.4. The number of nitrogen functional groups attached to an aromatic ring is 1. The second-order valence-electron chi connectivity index (χ2n) is 6.86. The lowest BCUT2D eigenvalue weighted by Gasteiger charge is -2.14. The highest BCUT2D eigenvalue weighted by Crippen LogP contribution is 2.23. The Morgan fingerprint density at radius 3 is 2.56 bits per heavy atom. The molecule has 0 aliphatic carbocycles. The van der Waals surface area contributed by atoms with E-state index in [1.165, 1.54) is 16.4 Å². The van der Waals surface area contributed by atoms with Crippen molar-refractivity contribution in [2.75, 3.05) is 18.2 Å². The van der Waals surface area contributed by atoms with Crippen molar-refractivity contribution in [2.24, 2.45) is 5.92 Å². The van der Waals surface area contributed by atoms with Gasteiger partial charge in [0.2, 0.25) is 11.1 Å². The molecule has 0 aliphatic rings. The van der Waals surface area contributed by atoms with Gasteiger partial charge in [0.05, 0.1) is 12.4 Å².